The first-order chi connectivity index (χ1) is 15.2. The number of rotatable bonds is 7. The molecule has 1 N–H and O–H groups in total. The molecular formula is C23H29ClN2O5S. The van der Waals surface area contributed by atoms with Crippen molar-refractivity contribution in [3.63, 3.8) is 0 Å². The molecule has 3 rings (SSSR count). The second-order valence-electron chi connectivity index (χ2n) is 8.08. The second kappa shape index (κ2) is 10.1. The largest absolute Gasteiger partial charge is 0.495 e. The molecule has 1 aliphatic rings. The summed E-state index contributed by atoms with van der Waals surface area (Å²) in [6.45, 7) is 4.53. The number of piperidine rings is 1. The number of nitrogens with zero attached hydrogens (tertiary/aromatic N) is 1. The molecule has 0 aromatic heterocycles. The minimum Gasteiger partial charge on any atom is -0.495 e. The first-order valence-corrected chi connectivity index (χ1v) is 12.3. The Morgan fingerprint density at radius 1 is 1.06 bits per heavy atom. The number of hydrogen-bond donors (Lipinski definition) is 1. The summed E-state index contributed by atoms with van der Waals surface area (Å²) in [6.07, 6.45) is 0.834. The lowest BCUT2D eigenvalue weighted by Crippen LogP contribution is -2.41. The lowest BCUT2D eigenvalue weighted by atomic mass is 9.97. The summed E-state index contributed by atoms with van der Waals surface area (Å²) in [7, 11) is -0.765. The normalized spacial score (nSPS) is 15.6. The highest BCUT2D eigenvalue weighted by Gasteiger charge is 2.34. The van der Waals surface area contributed by atoms with E-state index in [1.807, 2.05) is 19.9 Å². The Morgan fingerprint density at radius 3 is 2.28 bits per heavy atom. The molecule has 9 heteroatoms. The van der Waals surface area contributed by atoms with Crippen LogP contribution in [0.1, 0.15) is 38.2 Å². The number of carbonyl (C=O) groups is 1. The molecule has 174 valence electrons. The van der Waals surface area contributed by atoms with Crippen LogP contribution >= 0.6 is 11.6 Å². The zero-order valence-corrected chi connectivity index (χ0v) is 20.3. The third-order valence-electron chi connectivity index (χ3n) is 5.72. The van der Waals surface area contributed by atoms with Crippen molar-refractivity contribution in [2.45, 2.75) is 37.5 Å². The number of ether oxygens (including phenoxy) is 2. The van der Waals surface area contributed by atoms with Gasteiger partial charge in [0.25, 0.3) is 0 Å². The predicted molar refractivity (Wildman–Crippen MR) is 125 cm³/mol. The van der Waals surface area contributed by atoms with E-state index in [0.29, 0.717) is 35.1 Å². The fourth-order valence-corrected chi connectivity index (χ4v) is 5.60. The highest BCUT2D eigenvalue weighted by atomic mass is 35.5. The van der Waals surface area contributed by atoms with Crippen LogP contribution in [0.5, 0.6) is 11.5 Å². The Hall–Kier alpha value is -2.29. The Morgan fingerprint density at radius 2 is 1.69 bits per heavy atom. The van der Waals surface area contributed by atoms with Crippen molar-refractivity contribution < 1.29 is 22.7 Å². The molecule has 0 unspecified atom stereocenters. The quantitative estimate of drug-likeness (QED) is 0.629. The summed E-state index contributed by atoms with van der Waals surface area (Å²) in [5, 5.41) is 3.34. The Kier molecular flexibility index (Phi) is 7.69. The monoisotopic (exact) mass is 480 g/mol. The molecule has 0 atom stereocenters. The van der Waals surface area contributed by atoms with Crippen LogP contribution < -0.4 is 14.8 Å². The zero-order chi connectivity index (χ0) is 23.5. The maximum absolute atomic E-state index is 13.3. The van der Waals surface area contributed by atoms with Gasteiger partial charge < -0.3 is 14.8 Å². The average molecular weight is 481 g/mol. The SMILES string of the molecule is COc1ccc(Cl)cc1NC(=O)C1CCN(S(=O)(=O)c2cc(C(C)C)ccc2OC)CC1. The minimum atomic E-state index is -3.75. The standard InChI is InChI=1S/C23H29ClN2O5S/c1-15(2)17-5-7-21(31-4)22(13-17)32(28,29)26-11-9-16(10-12-26)23(27)25-19-14-18(24)6-8-20(19)30-3/h5-8,13-16H,9-12H2,1-4H3,(H,25,27). The second-order valence-corrected chi connectivity index (χ2v) is 10.4. The van der Waals surface area contributed by atoms with Crippen LogP contribution in [0.4, 0.5) is 5.69 Å². The maximum Gasteiger partial charge on any atom is 0.246 e. The van der Waals surface area contributed by atoms with Crippen LogP contribution in [0.3, 0.4) is 0 Å². The van der Waals surface area contributed by atoms with Crippen LogP contribution in [-0.4, -0.2) is 45.9 Å². The van der Waals surface area contributed by atoms with Gasteiger partial charge in [0.15, 0.2) is 0 Å². The van der Waals surface area contributed by atoms with E-state index in [2.05, 4.69) is 5.32 Å². The molecule has 1 saturated heterocycles. The van der Waals surface area contributed by atoms with Gasteiger partial charge in [-0.25, -0.2) is 8.42 Å². The van der Waals surface area contributed by atoms with Gasteiger partial charge in [0, 0.05) is 24.0 Å². The molecule has 7 nitrogen and oxygen atoms in total. The van der Waals surface area contributed by atoms with Gasteiger partial charge in [-0.2, -0.15) is 4.31 Å². The van der Waals surface area contributed by atoms with Crippen LogP contribution in [0, 0.1) is 5.92 Å². The van der Waals surface area contributed by atoms with E-state index in [9.17, 15) is 13.2 Å². The number of carbonyl (C=O) groups excluding carboxylic acids is 1. The van der Waals surface area contributed by atoms with Crippen LogP contribution in [0.25, 0.3) is 0 Å². The summed E-state index contributed by atoms with van der Waals surface area (Å²) < 4.78 is 38.7. The summed E-state index contributed by atoms with van der Waals surface area (Å²) in [4.78, 5) is 13.0. The molecule has 2 aromatic rings. The number of halogens is 1. The molecule has 1 heterocycles. The van der Waals surface area contributed by atoms with Crippen LogP contribution in [-0.2, 0) is 14.8 Å². The van der Waals surface area contributed by atoms with Gasteiger partial charge in [-0.15, -0.1) is 0 Å². The molecule has 0 radical (unpaired) electrons. The van der Waals surface area contributed by atoms with Crippen molar-refractivity contribution in [3.8, 4) is 11.5 Å². The van der Waals surface area contributed by atoms with Crippen molar-refractivity contribution in [2.75, 3.05) is 32.6 Å². The number of hydrogen-bond acceptors (Lipinski definition) is 5. The van der Waals surface area contributed by atoms with Crippen molar-refractivity contribution >= 4 is 33.2 Å². The smallest absolute Gasteiger partial charge is 0.246 e. The Labute approximate surface area is 194 Å². The molecule has 1 fully saturated rings. The topological polar surface area (TPSA) is 84.9 Å². The van der Waals surface area contributed by atoms with E-state index in [4.69, 9.17) is 21.1 Å². The first-order valence-electron chi connectivity index (χ1n) is 10.5. The molecule has 0 spiro atoms. The molecule has 1 amide bonds. The summed E-state index contributed by atoms with van der Waals surface area (Å²) in [5.74, 6) is 0.533. The third-order valence-corrected chi connectivity index (χ3v) is 7.87. The van der Waals surface area contributed by atoms with Gasteiger partial charge in [-0.1, -0.05) is 31.5 Å². The van der Waals surface area contributed by atoms with Gasteiger partial charge in [-0.05, 0) is 54.7 Å². The van der Waals surface area contributed by atoms with Crippen molar-refractivity contribution in [2.24, 2.45) is 5.92 Å². The molecular weight excluding hydrogens is 452 g/mol. The van der Waals surface area contributed by atoms with Crippen LogP contribution in [0.2, 0.25) is 5.02 Å². The van der Waals surface area contributed by atoms with Gasteiger partial charge in [0.2, 0.25) is 15.9 Å². The zero-order valence-electron chi connectivity index (χ0n) is 18.7. The number of methoxy groups -OCH3 is 2. The summed E-state index contributed by atoms with van der Waals surface area (Å²) >= 11 is 6.04. The van der Waals surface area contributed by atoms with E-state index in [1.165, 1.54) is 18.5 Å². The van der Waals surface area contributed by atoms with Crippen LogP contribution in [0.15, 0.2) is 41.3 Å². The number of amides is 1. The first kappa shape index (κ1) is 24.4. The lowest BCUT2D eigenvalue weighted by molar-refractivity contribution is -0.120. The average Bonchev–Trinajstić information content (AvgIpc) is 2.78. The van der Waals surface area contributed by atoms with Gasteiger partial charge in [0.05, 0.1) is 19.9 Å². The summed E-state index contributed by atoms with van der Waals surface area (Å²) in [5.41, 5.74) is 1.42. The fourth-order valence-electron chi connectivity index (χ4n) is 3.76. The Bertz CT molecular complexity index is 1080. The highest BCUT2D eigenvalue weighted by molar-refractivity contribution is 7.89. The van der Waals surface area contributed by atoms with E-state index < -0.39 is 10.0 Å². The molecule has 32 heavy (non-hydrogen) atoms. The summed E-state index contributed by atoms with van der Waals surface area (Å²) in [6, 6.07) is 10.3. The van der Waals surface area contributed by atoms with Crippen molar-refractivity contribution in [1.82, 2.24) is 4.31 Å². The molecule has 0 bridgehead atoms. The van der Waals surface area contributed by atoms with E-state index >= 15 is 0 Å². The van der Waals surface area contributed by atoms with E-state index in [0.717, 1.165) is 5.56 Å². The Balaban J connectivity index is 1.72. The number of anilines is 1. The predicted octanol–water partition coefficient (Wildman–Crippen LogP) is 4.52. The van der Waals surface area contributed by atoms with E-state index in [1.54, 1.807) is 30.3 Å². The molecule has 0 aliphatic carbocycles. The lowest BCUT2D eigenvalue weighted by Gasteiger charge is -2.31. The van der Waals surface area contributed by atoms with Gasteiger partial charge in [-0.3, -0.25) is 4.79 Å². The molecule has 0 saturated carbocycles. The highest BCUT2D eigenvalue weighted by Crippen LogP contribution is 2.33. The number of sulfonamides is 1. The van der Waals surface area contributed by atoms with E-state index in [-0.39, 0.29) is 35.7 Å². The van der Waals surface area contributed by atoms with Crippen molar-refractivity contribution in [3.05, 3.63) is 47.0 Å². The van der Waals surface area contributed by atoms with Crippen molar-refractivity contribution in [1.29, 1.82) is 0 Å². The maximum atomic E-state index is 13.3. The molecule has 1 aliphatic heterocycles. The third kappa shape index (κ3) is 5.19. The number of benzene rings is 2. The fraction of sp³-hybridized carbons (Fsp3) is 0.435. The van der Waals surface area contributed by atoms with Gasteiger partial charge in [0.1, 0.15) is 16.4 Å². The number of nitrogens with one attached hydrogen (secondary N) is 1. The molecule has 2 aromatic carbocycles. The van der Waals surface area contributed by atoms with Gasteiger partial charge >= 0.3 is 0 Å². The minimum absolute atomic E-state index is 0.165.